The number of carbonyl (C=O) groups is 1. The van der Waals surface area contributed by atoms with E-state index in [2.05, 4.69) is 4.98 Å². The maximum absolute atomic E-state index is 12.1. The van der Waals surface area contributed by atoms with Gasteiger partial charge >= 0.3 is 0 Å². The maximum Gasteiger partial charge on any atom is 0.269 e. The van der Waals surface area contributed by atoms with E-state index >= 15 is 0 Å². The van der Waals surface area contributed by atoms with Crippen LogP contribution in [0.15, 0.2) is 42.7 Å². The highest BCUT2D eigenvalue weighted by atomic mass is 16.6. The van der Waals surface area contributed by atoms with E-state index in [1.807, 2.05) is 0 Å². The molecular weight excluding hydrogens is 232 g/mol. The Morgan fingerprint density at radius 2 is 2.11 bits per heavy atom. The molecule has 90 valence electrons. The predicted molar refractivity (Wildman–Crippen MR) is 65.5 cm³/mol. The van der Waals surface area contributed by atoms with Gasteiger partial charge in [0.15, 0.2) is 5.78 Å². The fourth-order valence-corrected chi connectivity index (χ4v) is 1.67. The van der Waals surface area contributed by atoms with E-state index in [1.54, 1.807) is 25.3 Å². The van der Waals surface area contributed by atoms with Crippen molar-refractivity contribution in [2.45, 2.75) is 6.92 Å². The van der Waals surface area contributed by atoms with Gasteiger partial charge in [0.1, 0.15) is 0 Å². The van der Waals surface area contributed by atoms with Crippen LogP contribution in [0.3, 0.4) is 0 Å². The second kappa shape index (κ2) is 4.75. The SMILES string of the molecule is Cc1cc([N+](=O)[O-])ccc1C(=O)c1cccnc1. The molecule has 0 aliphatic heterocycles. The molecule has 0 N–H and O–H groups in total. The number of nitro benzene ring substituents is 1. The third-order valence-electron chi connectivity index (χ3n) is 2.59. The summed E-state index contributed by atoms with van der Waals surface area (Å²) in [5.74, 6) is -0.185. The number of rotatable bonds is 3. The first kappa shape index (κ1) is 11.9. The minimum Gasteiger partial charge on any atom is -0.289 e. The molecular formula is C13H10N2O3. The van der Waals surface area contributed by atoms with Crippen LogP contribution < -0.4 is 0 Å². The van der Waals surface area contributed by atoms with Gasteiger partial charge in [0.2, 0.25) is 0 Å². The zero-order valence-electron chi connectivity index (χ0n) is 9.66. The van der Waals surface area contributed by atoms with Crippen LogP contribution in [0.2, 0.25) is 0 Å². The summed E-state index contributed by atoms with van der Waals surface area (Å²) in [7, 11) is 0. The fourth-order valence-electron chi connectivity index (χ4n) is 1.67. The lowest BCUT2D eigenvalue weighted by Gasteiger charge is -2.04. The summed E-state index contributed by atoms with van der Waals surface area (Å²) in [6, 6.07) is 7.53. The van der Waals surface area contributed by atoms with Gasteiger partial charge in [-0.15, -0.1) is 0 Å². The molecule has 0 aliphatic rings. The largest absolute Gasteiger partial charge is 0.289 e. The molecule has 0 atom stereocenters. The fraction of sp³-hybridized carbons (Fsp3) is 0.0769. The van der Waals surface area contributed by atoms with Crippen LogP contribution in [-0.2, 0) is 0 Å². The number of benzene rings is 1. The van der Waals surface area contributed by atoms with E-state index in [0.717, 1.165) is 0 Å². The molecule has 0 saturated heterocycles. The normalized spacial score (nSPS) is 10.1. The average Bonchev–Trinajstić information content (AvgIpc) is 2.38. The molecule has 1 heterocycles. The highest BCUT2D eigenvalue weighted by Gasteiger charge is 2.14. The van der Waals surface area contributed by atoms with Gasteiger partial charge in [-0.3, -0.25) is 19.9 Å². The lowest BCUT2D eigenvalue weighted by atomic mass is 10.00. The van der Waals surface area contributed by atoms with Crippen LogP contribution in [-0.4, -0.2) is 15.7 Å². The Balaban J connectivity index is 2.41. The topological polar surface area (TPSA) is 73.1 Å². The number of aromatic nitrogens is 1. The van der Waals surface area contributed by atoms with Gasteiger partial charge in [-0.25, -0.2) is 0 Å². The van der Waals surface area contributed by atoms with E-state index in [4.69, 9.17) is 0 Å². The Morgan fingerprint density at radius 1 is 1.33 bits per heavy atom. The van der Waals surface area contributed by atoms with Crippen LogP contribution in [0.25, 0.3) is 0 Å². The van der Waals surface area contributed by atoms with Crippen LogP contribution in [0, 0.1) is 17.0 Å². The van der Waals surface area contributed by atoms with Crippen molar-refractivity contribution in [3.8, 4) is 0 Å². The van der Waals surface area contributed by atoms with Gasteiger partial charge in [-0.1, -0.05) is 0 Å². The number of carbonyl (C=O) groups excluding carboxylic acids is 1. The summed E-state index contributed by atoms with van der Waals surface area (Å²) in [4.78, 5) is 26.2. The molecule has 0 bridgehead atoms. The lowest BCUT2D eigenvalue weighted by Crippen LogP contribution is -2.04. The molecule has 18 heavy (non-hydrogen) atoms. The Bertz CT molecular complexity index is 609. The van der Waals surface area contributed by atoms with Crippen molar-refractivity contribution in [3.63, 3.8) is 0 Å². The van der Waals surface area contributed by atoms with E-state index in [0.29, 0.717) is 16.7 Å². The highest BCUT2D eigenvalue weighted by Crippen LogP contribution is 2.19. The van der Waals surface area contributed by atoms with Gasteiger partial charge < -0.3 is 0 Å². The first-order chi connectivity index (χ1) is 8.59. The monoisotopic (exact) mass is 242 g/mol. The third kappa shape index (κ3) is 2.24. The molecule has 0 fully saturated rings. The van der Waals surface area contributed by atoms with Gasteiger partial charge in [-0.2, -0.15) is 0 Å². The smallest absolute Gasteiger partial charge is 0.269 e. The van der Waals surface area contributed by atoms with Crippen molar-refractivity contribution in [3.05, 3.63) is 69.5 Å². The van der Waals surface area contributed by atoms with Crippen LogP contribution >= 0.6 is 0 Å². The Hall–Kier alpha value is -2.56. The number of aryl methyl sites for hydroxylation is 1. The Labute approximate surface area is 103 Å². The van der Waals surface area contributed by atoms with Gasteiger partial charge in [-0.05, 0) is 30.7 Å². The predicted octanol–water partition coefficient (Wildman–Crippen LogP) is 2.53. The zero-order valence-corrected chi connectivity index (χ0v) is 9.66. The summed E-state index contributed by atoms with van der Waals surface area (Å²) in [6.45, 7) is 1.68. The first-order valence-corrected chi connectivity index (χ1v) is 5.29. The molecule has 0 saturated carbocycles. The minimum absolute atomic E-state index is 0.0183. The number of hydrogen-bond donors (Lipinski definition) is 0. The second-order valence-electron chi connectivity index (χ2n) is 3.83. The zero-order chi connectivity index (χ0) is 13.1. The molecule has 1 aromatic carbocycles. The second-order valence-corrected chi connectivity index (χ2v) is 3.83. The van der Waals surface area contributed by atoms with E-state index in [9.17, 15) is 14.9 Å². The third-order valence-corrected chi connectivity index (χ3v) is 2.59. The molecule has 5 heteroatoms. The van der Waals surface area contributed by atoms with Crippen molar-refractivity contribution in [2.75, 3.05) is 0 Å². The molecule has 0 unspecified atom stereocenters. The van der Waals surface area contributed by atoms with E-state index in [-0.39, 0.29) is 11.5 Å². The Kier molecular flexibility index (Phi) is 3.14. The average molecular weight is 242 g/mol. The summed E-state index contributed by atoms with van der Waals surface area (Å²) < 4.78 is 0. The summed E-state index contributed by atoms with van der Waals surface area (Å²) in [5.41, 5.74) is 1.48. The van der Waals surface area contributed by atoms with Crippen molar-refractivity contribution in [2.24, 2.45) is 0 Å². The van der Waals surface area contributed by atoms with Crippen molar-refractivity contribution < 1.29 is 9.72 Å². The van der Waals surface area contributed by atoms with Crippen molar-refractivity contribution in [1.29, 1.82) is 0 Å². The highest BCUT2D eigenvalue weighted by molar-refractivity contribution is 6.09. The van der Waals surface area contributed by atoms with E-state index < -0.39 is 4.92 Å². The van der Waals surface area contributed by atoms with Crippen LogP contribution in [0.1, 0.15) is 21.5 Å². The maximum atomic E-state index is 12.1. The number of nitrogens with zero attached hydrogens (tertiary/aromatic N) is 2. The Morgan fingerprint density at radius 3 is 2.67 bits per heavy atom. The van der Waals surface area contributed by atoms with Gasteiger partial charge in [0.05, 0.1) is 4.92 Å². The number of hydrogen-bond acceptors (Lipinski definition) is 4. The van der Waals surface area contributed by atoms with Gasteiger partial charge in [0.25, 0.3) is 5.69 Å². The quantitative estimate of drug-likeness (QED) is 0.471. The number of nitro groups is 1. The lowest BCUT2D eigenvalue weighted by molar-refractivity contribution is -0.384. The molecule has 0 amide bonds. The van der Waals surface area contributed by atoms with E-state index in [1.165, 1.54) is 24.4 Å². The molecule has 0 aliphatic carbocycles. The minimum atomic E-state index is -0.481. The molecule has 2 aromatic rings. The number of pyridine rings is 1. The summed E-state index contributed by atoms with van der Waals surface area (Å²) >= 11 is 0. The molecule has 2 rings (SSSR count). The molecule has 1 aromatic heterocycles. The number of non-ortho nitro benzene ring substituents is 1. The standard InChI is InChI=1S/C13H10N2O3/c1-9-7-11(15(17)18)4-5-12(9)13(16)10-3-2-6-14-8-10/h2-8H,1H3. The summed E-state index contributed by atoms with van der Waals surface area (Å²) in [6.07, 6.45) is 3.06. The summed E-state index contributed by atoms with van der Waals surface area (Å²) in [5, 5.41) is 10.6. The molecule has 0 radical (unpaired) electrons. The van der Waals surface area contributed by atoms with Crippen molar-refractivity contribution in [1.82, 2.24) is 4.98 Å². The van der Waals surface area contributed by atoms with Crippen molar-refractivity contribution >= 4 is 11.5 Å². The molecule has 5 nitrogen and oxygen atoms in total. The van der Waals surface area contributed by atoms with Gasteiger partial charge in [0, 0.05) is 35.7 Å². The van der Waals surface area contributed by atoms with Crippen LogP contribution in [0.5, 0.6) is 0 Å². The molecule has 0 spiro atoms. The first-order valence-electron chi connectivity index (χ1n) is 5.29. The van der Waals surface area contributed by atoms with Crippen LogP contribution in [0.4, 0.5) is 5.69 Å². The number of ketones is 1.